The zero-order chi connectivity index (χ0) is 15.4. The van der Waals surface area contributed by atoms with Crippen LogP contribution in [0.2, 0.25) is 0 Å². The van der Waals surface area contributed by atoms with E-state index in [1.807, 2.05) is 11.3 Å². The Morgan fingerprint density at radius 1 is 1.29 bits per heavy atom. The van der Waals surface area contributed by atoms with Crippen molar-refractivity contribution in [3.05, 3.63) is 10.6 Å². The molecule has 0 bridgehead atoms. The summed E-state index contributed by atoms with van der Waals surface area (Å²) < 4.78 is 0. The van der Waals surface area contributed by atoms with Gasteiger partial charge in [-0.2, -0.15) is 0 Å². The molecule has 0 unspecified atom stereocenters. The van der Waals surface area contributed by atoms with Crippen LogP contribution < -0.4 is 10.2 Å². The van der Waals surface area contributed by atoms with Gasteiger partial charge in [-0.25, -0.2) is 4.98 Å². The fourth-order valence-corrected chi connectivity index (χ4v) is 3.82. The van der Waals surface area contributed by atoms with E-state index in [-0.39, 0.29) is 0 Å². The molecule has 0 aromatic carbocycles. The van der Waals surface area contributed by atoms with Crippen LogP contribution in [0.25, 0.3) is 0 Å². The van der Waals surface area contributed by atoms with Crippen LogP contribution in [-0.2, 0) is 6.54 Å². The molecule has 1 aliphatic rings. The van der Waals surface area contributed by atoms with Crippen LogP contribution in [0.4, 0.5) is 5.13 Å². The summed E-state index contributed by atoms with van der Waals surface area (Å²) in [4.78, 5) is 8.84. The highest BCUT2D eigenvalue weighted by atomic mass is 32.1. The summed E-state index contributed by atoms with van der Waals surface area (Å²) in [5, 5.41) is 4.84. The molecule has 0 spiro atoms. The normalized spacial score (nSPS) is 15.2. The van der Waals surface area contributed by atoms with Gasteiger partial charge >= 0.3 is 0 Å². The van der Waals surface area contributed by atoms with Crippen molar-refractivity contribution in [1.29, 1.82) is 0 Å². The molecule has 2 rings (SSSR count). The molecule has 1 aliphatic carbocycles. The minimum atomic E-state index is 0.613. The van der Waals surface area contributed by atoms with Crippen LogP contribution in [0.1, 0.15) is 63.9 Å². The minimum Gasteiger partial charge on any atom is -0.345 e. The summed E-state index contributed by atoms with van der Waals surface area (Å²) in [5.41, 5.74) is 1.21. The Hall–Kier alpha value is -0.610. The standard InChI is InChI=1S/C17H31N3S/c1-6-15(7-2)20(11-12(3)4)17-19-13(5)16(21-17)10-18-14-8-9-14/h12,14-15,18H,6-11H2,1-5H3. The molecule has 0 saturated heterocycles. The van der Waals surface area contributed by atoms with Crippen molar-refractivity contribution in [2.75, 3.05) is 11.4 Å². The van der Waals surface area contributed by atoms with Gasteiger partial charge in [0.1, 0.15) is 0 Å². The molecule has 120 valence electrons. The summed E-state index contributed by atoms with van der Waals surface area (Å²) in [6.07, 6.45) is 5.07. The van der Waals surface area contributed by atoms with E-state index in [4.69, 9.17) is 4.98 Å². The molecule has 1 N–H and O–H groups in total. The molecule has 1 aromatic rings. The molecule has 4 heteroatoms. The van der Waals surface area contributed by atoms with Crippen LogP contribution in [0.5, 0.6) is 0 Å². The maximum atomic E-state index is 4.88. The number of aryl methyl sites for hydroxylation is 1. The summed E-state index contributed by atoms with van der Waals surface area (Å²) in [5.74, 6) is 0.669. The van der Waals surface area contributed by atoms with E-state index in [0.717, 1.165) is 19.1 Å². The average Bonchev–Trinajstić information content (AvgIpc) is 3.19. The van der Waals surface area contributed by atoms with Gasteiger partial charge in [0.2, 0.25) is 0 Å². The van der Waals surface area contributed by atoms with Gasteiger partial charge < -0.3 is 10.2 Å². The van der Waals surface area contributed by atoms with Gasteiger partial charge in [0.15, 0.2) is 5.13 Å². The number of thiazole rings is 1. The number of nitrogens with one attached hydrogen (secondary N) is 1. The second-order valence-electron chi connectivity index (χ2n) is 6.68. The fourth-order valence-electron chi connectivity index (χ4n) is 2.73. The van der Waals surface area contributed by atoms with Gasteiger partial charge in [-0.15, -0.1) is 11.3 Å². The molecule has 1 heterocycles. The number of hydrogen-bond acceptors (Lipinski definition) is 4. The molecular weight excluding hydrogens is 278 g/mol. The van der Waals surface area contributed by atoms with Gasteiger partial charge in [-0.05, 0) is 38.5 Å². The number of hydrogen-bond donors (Lipinski definition) is 1. The first-order valence-electron chi connectivity index (χ1n) is 8.51. The minimum absolute atomic E-state index is 0.613. The van der Waals surface area contributed by atoms with Gasteiger partial charge in [0, 0.05) is 30.1 Å². The second kappa shape index (κ2) is 7.59. The third-order valence-corrected chi connectivity index (χ3v) is 5.40. The van der Waals surface area contributed by atoms with E-state index in [1.54, 1.807) is 0 Å². The monoisotopic (exact) mass is 309 g/mol. The van der Waals surface area contributed by atoms with E-state index in [0.29, 0.717) is 12.0 Å². The molecule has 0 radical (unpaired) electrons. The smallest absolute Gasteiger partial charge is 0.186 e. The molecule has 21 heavy (non-hydrogen) atoms. The van der Waals surface area contributed by atoms with Gasteiger partial charge in [0.05, 0.1) is 5.69 Å². The Balaban J connectivity index is 2.11. The van der Waals surface area contributed by atoms with Crippen LogP contribution in [0.15, 0.2) is 0 Å². The molecule has 3 nitrogen and oxygen atoms in total. The van der Waals surface area contributed by atoms with Crippen molar-refractivity contribution >= 4 is 16.5 Å². The zero-order valence-corrected chi connectivity index (χ0v) is 15.1. The topological polar surface area (TPSA) is 28.2 Å². The van der Waals surface area contributed by atoms with Crippen molar-refractivity contribution in [2.24, 2.45) is 5.92 Å². The van der Waals surface area contributed by atoms with E-state index in [9.17, 15) is 0 Å². The average molecular weight is 310 g/mol. The maximum absolute atomic E-state index is 4.88. The van der Waals surface area contributed by atoms with Gasteiger partial charge in [-0.3, -0.25) is 0 Å². The Kier molecular flexibility index (Phi) is 6.06. The van der Waals surface area contributed by atoms with Crippen LogP contribution in [0.3, 0.4) is 0 Å². The first-order valence-corrected chi connectivity index (χ1v) is 9.33. The summed E-state index contributed by atoms with van der Waals surface area (Å²) in [7, 11) is 0. The second-order valence-corrected chi connectivity index (χ2v) is 7.74. The van der Waals surface area contributed by atoms with E-state index in [1.165, 1.54) is 41.4 Å². The van der Waals surface area contributed by atoms with Crippen LogP contribution >= 0.6 is 11.3 Å². The molecular formula is C17H31N3S. The highest BCUT2D eigenvalue weighted by Gasteiger charge is 2.23. The number of nitrogens with zero attached hydrogens (tertiary/aromatic N) is 2. The number of aromatic nitrogens is 1. The zero-order valence-electron chi connectivity index (χ0n) is 14.3. The lowest BCUT2D eigenvalue weighted by Crippen LogP contribution is -2.37. The third-order valence-electron chi connectivity index (χ3n) is 4.20. The molecule has 0 atom stereocenters. The van der Waals surface area contributed by atoms with Crippen molar-refractivity contribution in [1.82, 2.24) is 10.3 Å². The summed E-state index contributed by atoms with van der Waals surface area (Å²) in [6.45, 7) is 13.4. The molecule has 1 saturated carbocycles. The first-order chi connectivity index (χ1) is 10.0. The highest BCUT2D eigenvalue weighted by molar-refractivity contribution is 7.15. The SMILES string of the molecule is CCC(CC)N(CC(C)C)c1nc(C)c(CNC2CC2)s1. The molecule has 0 aliphatic heterocycles. The third kappa shape index (κ3) is 4.68. The Labute approximate surface area is 134 Å². The predicted octanol–water partition coefficient (Wildman–Crippen LogP) is 4.35. The van der Waals surface area contributed by atoms with E-state index in [2.05, 4.69) is 44.8 Å². The fraction of sp³-hybridized carbons (Fsp3) is 0.824. The van der Waals surface area contributed by atoms with Crippen molar-refractivity contribution in [3.8, 4) is 0 Å². The van der Waals surface area contributed by atoms with Gasteiger partial charge in [-0.1, -0.05) is 27.7 Å². The lowest BCUT2D eigenvalue weighted by Gasteiger charge is -2.31. The Morgan fingerprint density at radius 2 is 1.95 bits per heavy atom. The largest absolute Gasteiger partial charge is 0.345 e. The summed E-state index contributed by atoms with van der Waals surface area (Å²) >= 11 is 1.89. The lowest BCUT2D eigenvalue weighted by atomic mass is 10.1. The van der Waals surface area contributed by atoms with Crippen LogP contribution in [-0.4, -0.2) is 23.6 Å². The van der Waals surface area contributed by atoms with Crippen LogP contribution in [0, 0.1) is 12.8 Å². The lowest BCUT2D eigenvalue weighted by molar-refractivity contribution is 0.506. The predicted molar refractivity (Wildman–Crippen MR) is 93.3 cm³/mol. The first kappa shape index (κ1) is 16.8. The summed E-state index contributed by atoms with van der Waals surface area (Å²) in [6, 6.07) is 1.38. The molecule has 1 aromatic heterocycles. The van der Waals surface area contributed by atoms with Gasteiger partial charge in [0.25, 0.3) is 0 Å². The quantitative estimate of drug-likeness (QED) is 0.735. The van der Waals surface area contributed by atoms with E-state index >= 15 is 0 Å². The van der Waals surface area contributed by atoms with Crippen molar-refractivity contribution in [3.63, 3.8) is 0 Å². The Bertz CT molecular complexity index is 433. The number of rotatable bonds is 9. The number of anilines is 1. The van der Waals surface area contributed by atoms with Crippen molar-refractivity contribution in [2.45, 2.75) is 78.9 Å². The maximum Gasteiger partial charge on any atom is 0.186 e. The highest BCUT2D eigenvalue weighted by Crippen LogP contribution is 2.30. The molecule has 1 fully saturated rings. The van der Waals surface area contributed by atoms with Crippen molar-refractivity contribution < 1.29 is 0 Å². The molecule has 0 amide bonds. The Morgan fingerprint density at radius 3 is 2.48 bits per heavy atom. The van der Waals surface area contributed by atoms with E-state index < -0.39 is 0 Å².